The number of benzene rings is 3. The van der Waals surface area contributed by atoms with Crippen molar-refractivity contribution in [1.82, 2.24) is 0 Å². The number of aryl methyl sites for hydroxylation is 2. The van der Waals surface area contributed by atoms with E-state index in [-0.39, 0.29) is 11.3 Å². The molecule has 4 rings (SSSR count). The Morgan fingerprint density at radius 3 is 2.06 bits per heavy atom. The molecule has 3 aromatic carbocycles. The van der Waals surface area contributed by atoms with Crippen LogP contribution in [0.1, 0.15) is 87.8 Å². The molecule has 36 heavy (non-hydrogen) atoms. The van der Waals surface area contributed by atoms with Crippen LogP contribution >= 0.6 is 0 Å². The van der Waals surface area contributed by atoms with Gasteiger partial charge in [0.05, 0.1) is 6.61 Å². The van der Waals surface area contributed by atoms with Crippen LogP contribution in [-0.4, -0.2) is 6.61 Å². The summed E-state index contributed by atoms with van der Waals surface area (Å²) in [7, 11) is 0. The molecule has 0 amide bonds. The fourth-order valence-electron chi connectivity index (χ4n) is 5.44. The van der Waals surface area contributed by atoms with Gasteiger partial charge in [0.1, 0.15) is 0 Å². The van der Waals surface area contributed by atoms with Crippen molar-refractivity contribution in [3.63, 3.8) is 0 Å². The molecule has 0 bridgehead atoms. The van der Waals surface area contributed by atoms with Crippen molar-refractivity contribution < 1.29 is 13.5 Å². The first-order valence-electron chi connectivity index (χ1n) is 13.9. The highest BCUT2D eigenvalue weighted by Crippen LogP contribution is 2.38. The van der Waals surface area contributed by atoms with Crippen molar-refractivity contribution in [3.8, 4) is 16.9 Å². The van der Waals surface area contributed by atoms with Crippen molar-refractivity contribution in [1.29, 1.82) is 0 Å². The normalized spacial score (nSPS) is 17.8. The molecule has 0 heterocycles. The number of ether oxygens (including phenoxy) is 1. The molecule has 3 aromatic rings. The van der Waals surface area contributed by atoms with Gasteiger partial charge in [0.15, 0.2) is 11.6 Å². The van der Waals surface area contributed by atoms with Crippen molar-refractivity contribution in [2.45, 2.75) is 84.0 Å². The summed E-state index contributed by atoms with van der Waals surface area (Å²) in [4.78, 5) is 0. The molecule has 0 N–H and O–H groups in total. The van der Waals surface area contributed by atoms with Crippen LogP contribution in [0, 0.1) is 17.6 Å². The fourth-order valence-corrected chi connectivity index (χ4v) is 5.44. The third-order valence-corrected chi connectivity index (χ3v) is 7.75. The van der Waals surface area contributed by atoms with Gasteiger partial charge in [0, 0.05) is 5.56 Å². The summed E-state index contributed by atoms with van der Waals surface area (Å²) in [6.07, 6.45) is 11.5. The van der Waals surface area contributed by atoms with Crippen molar-refractivity contribution in [2.75, 3.05) is 6.61 Å². The topological polar surface area (TPSA) is 9.23 Å². The van der Waals surface area contributed by atoms with Gasteiger partial charge in [0.2, 0.25) is 5.82 Å². The van der Waals surface area contributed by atoms with E-state index in [1.54, 1.807) is 6.07 Å². The maximum absolute atomic E-state index is 14.7. The van der Waals surface area contributed by atoms with Crippen LogP contribution in [0.25, 0.3) is 11.1 Å². The maximum Gasteiger partial charge on any atom is 0.201 e. The van der Waals surface area contributed by atoms with Crippen LogP contribution in [0.4, 0.5) is 8.78 Å². The van der Waals surface area contributed by atoms with E-state index in [4.69, 9.17) is 4.74 Å². The summed E-state index contributed by atoms with van der Waals surface area (Å²) < 4.78 is 34.6. The minimum Gasteiger partial charge on any atom is -0.490 e. The molecule has 0 aromatic heterocycles. The second-order valence-electron chi connectivity index (χ2n) is 10.4. The Balaban J connectivity index is 1.27. The van der Waals surface area contributed by atoms with Crippen molar-refractivity contribution in [3.05, 3.63) is 89.0 Å². The quantitative estimate of drug-likeness (QED) is 0.243. The minimum atomic E-state index is -0.903. The molecule has 0 radical (unpaired) electrons. The molecule has 0 saturated heterocycles. The molecule has 1 saturated carbocycles. The van der Waals surface area contributed by atoms with E-state index in [1.807, 2.05) is 19.1 Å². The van der Waals surface area contributed by atoms with E-state index < -0.39 is 11.6 Å². The molecule has 1 fully saturated rings. The van der Waals surface area contributed by atoms with Gasteiger partial charge in [-0.25, -0.2) is 4.39 Å². The van der Waals surface area contributed by atoms with Gasteiger partial charge < -0.3 is 4.74 Å². The number of hydrogen-bond acceptors (Lipinski definition) is 1. The Labute approximate surface area is 215 Å². The number of rotatable bonds is 11. The van der Waals surface area contributed by atoms with E-state index in [9.17, 15) is 8.78 Å². The highest BCUT2D eigenvalue weighted by atomic mass is 19.2. The summed E-state index contributed by atoms with van der Waals surface area (Å²) in [5.74, 6) is -0.278. The Morgan fingerprint density at radius 1 is 0.722 bits per heavy atom. The zero-order chi connectivity index (χ0) is 25.3. The van der Waals surface area contributed by atoms with Gasteiger partial charge in [-0.15, -0.1) is 0 Å². The molecule has 0 atom stereocenters. The van der Waals surface area contributed by atoms with Crippen LogP contribution in [0.5, 0.6) is 5.75 Å². The predicted molar refractivity (Wildman–Crippen MR) is 146 cm³/mol. The molecule has 3 heteroatoms. The molecule has 1 aliphatic rings. The van der Waals surface area contributed by atoms with Crippen LogP contribution < -0.4 is 4.74 Å². The highest BCUT2D eigenvalue weighted by Gasteiger charge is 2.22. The lowest BCUT2D eigenvalue weighted by Gasteiger charge is -2.29. The second-order valence-corrected chi connectivity index (χ2v) is 10.4. The van der Waals surface area contributed by atoms with Gasteiger partial charge in [-0.3, -0.25) is 0 Å². The van der Waals surface area contributed by atoms with Crippen LogP contribution in [0.15, 0.2) is 60.7 Å². The largest absolute Gasteiger partial charge is 0.490 e. The predicted octanol–water partition coefficient (Wildman–Crippen LogP) is 9.67. The average molecular weight is 491 g/mol. The van der Waals surface area contributed by atoms with Gasteiger partial charge in [-0.2, -0.15) is 4.39 Å². The first kappa shape index (κ1) is 26.4. The number of hydrogen-bond donors (Lipinski definition) is 0. The summed E-state index contributed by atoms with van der Waals surface area (Å²) in [6, 6.07) is 20.4. The highest BCUT2D eigenvalue weighted by molar-refractivity contribution is 5.65. The smallest absolute Gasteiger partial charge is 0.201 e. The lowest BCUT2D eigenvalue weighted by atomic mass is 9.77. The lowest BCUT2D eigenvalue weighted by Crippen LogP contribution is -2.14. The number of halogens is 2. The SMILES string of the molecule is CCCCOc1ccc(-c2ccc(CCC3CCC(c4ccc(CCC)cc4)CC3)cc2)c(F)c1F. The van der Waals surface area contributed by atoms with E-state index in [1.165, 1.54) is 67.7 Å². The van der Waals surface area contributed by atoms with Gasteiger partial charge in [-0.05, 0) is 97.6 Å². The minimum absolute atomic E-state index is 0.00968. The fraction of sp³-hybridized carbons (Fsp3) is 0.455. The van der Waals surface area contributed by atoms with Crippen LogP contribution in [-0.2, 0) is 12.8 Å². The molecule has 0 aliphatic heterocycles. The summed E-state index contributed by atoms with van der Waals surface area (Å²) in [6.45, 7) is 4.66. The summed E-state index contributed by atoms with van der Waals surface area (Å²) >= 11 is 0. The van der Waals surface area contributed by atoms with Crippen molar-refractivity contribution in [2.24, 2.45) is 5.92 Å². The lowest BCUT2D eigenvalue weighted by molar-refractivity contribution is 0.289. The monoisotopic (exact) mass is 490 g/mol. The Hall–Kier alpha value is -2.68. The first-order valence-corrected chi connectivity index (χ1v) is 13.9. The van der Waals surface area contributed by atoms with Crippen LogP contribution in [0.3, 0.4) is 0 Å². The average Bonchev–Trinajstić information content (AvgIpc) is 2.91. The molecular formula is C33H40F2O. The van der Waals surface area contributed by atoms with Crippen LogP contribution in [0.2, 0.25) is 0 Å². The maximum atomic E-state index is 14.7. The van der Waals surface area contributed by atoms with Gasteiger partial charge >= 0.3 is 0 Å². The molecule has 1 nitrogen and oxygen atoms in total. The van der Waals surface area contributed by atoms with Gasteiger partial charge in [0.25, 0.3) is 0 Å². The molecule has 1 aliphatic carbocycles. The van der Waals surface area contributed by atoms with E-state index in [0.717, 1.165) is 25.2 Å². The zero-order valence-electron chi connectivity index (χ0n) is 21.9. The number of unbranched alkanes of at least 4 members (excludes halogenated alkanes) is 1. The second kappa shape index (κ2) is 13.0. The van der Waals surface area contributed by atoms with Crippen molar-refractivity contribution >= 4 is 0 Å². The third-order valence-electron chi connectivity index (χ3n) is 7.75. The molecular weight excluding hydrogens is 450 g/mol. The van der Waals surface area contributed by atoms with E-state index in [0.29, 0.717) is 18.1 Å². The Kier molecular flexibility index (Phi) is 9.55. The Morgan fingerprint density at radius 2 is 1.39 bits per heavy atom. The first-order chi connectivity index (χ1) is 17.6. The summed E-state index contributed by atoms with van der Waals surface area (Å²) in [5.41, 5.74) is 5.19. The standard InChI is InChI=1S/C33H40F2O/c1-3-5-23-36-31-22-21-30(32(34)33(31)35)29-19-13-26(14-20-29)8-7-25-11-17-28(18-12-25)27-15-9-24(6-4-2)10-16-27/h9-10,13-16,19-22,25,28H,3-8,11-12,17-18,23H2,1-2H3. The zero-order valence-corrected chi connectivity index (χ0v) is 21.9. The Bertz CT molecular complexity index is 1080. The van der Waals surface area contributed by atoms with E-state index >= 15 is 0 Å². The third kappa shape index (κ3) is 6.75. The van der Waals surface area contributed by atoms with Gasteiger partial charge in [-0.1, -0.05) is 75.2 Å². The molecule has 192 valence electrons. The molecule has 0 spiro atoms. The van der Waals surface area contributed by atoms with E-state index in [2.05, 4.69) is 43.3 Å². The molecule has 0 unspecified atom stereocenters. The summed E-state index contributed by atoms with van der Waals surface area (Å²) in [5, 5.41) is 0.